The van der Waals surface area contributed by atoms with Crippen molar-refractivity contribution in [1.29, 1.82) is 0 Å². The molecule has 3 aromatic heterocycles. The van der Waals surface area contributed by atoms with E-state index in [-0.39, 0.29) is 17.4 Å². The van der Waals surface area contributed by atoms with Crippen LogP contribution in [0.25, 0.3) is 5.65 Å². The van der Waals surface area contributed by atoms with Gasteiger partial charge in [0.15, 0.2) is 10.8 Å². The number of aromatic nitrogens is 4. The van der Waals surface area contributed by atoms with Crippen LogP contribution < -0.4 is 10.5 Å². The Morgan fingerprint density at radius 2 is 2.14 bits per heavy atom. The number of nitrogens with one attached hydrogen (secondary N) is 1. The van der Waals surface area contributed by atoms with Crippen LogP contribution in [0, 0.1) is 0 Å². The molecular formula is C12H14N6O2S. The zero-order chi connectivity index (χ0) is 14.9. The van der Waals surface area contributed by atoms with Gasteiger partial charge in [0.2, 0.25) is 0 Å². The van der Waals surface area contributed by atoms with Gasteiger partial charge >= 0.3 is 0 Å². The average molecular weight is 306 g/mol. The van der Waals surface area contributed by atoms with E-state index in [1.165, 1.54) is 4.40 Å². The maximum Gasteiger partial charge on any atom is 0.260 e. The summed E-state index contributed by atoms with van der Waals surface area (Å²) in [5.41, 5.74) is 6.23. The minimum absolute atomic E-state index is 0.0173. The molecule has 3 heterocycles. The Kier molecular flexibility index (Phi) is 3.35. The van der Waals surface area contributed by atoms with Crippen LogP contribution in [0.4, 0.5) is 5.82 Å². The zero-order valence-electron chi connectivity index (χ0n) is 11.0. The van der Waals surface area contributed by atoms with E-state index >= 15 is 0 Å². The summed E-state index contributed by atoms with van der Waals surface area (Å²) in [7, 11) is -3.74. The van der Waals surface area contributed by atoms with Crippen molar-refractivity contribution in [1.82, 2.24) is 23.7 Å². The number of fused-ring (bicyclic) bond motifs is 1. The van der Waals surface area contributed by atoms with Gasteiger partial charge < -0.3 is 10.3 Å². The molecular weight excluding hydrogens is 292 g/mol. The molecule has 3 N–H and O–H groups in total. The van der Waals surface area contributed by atoms with E-state index in [9.17, 15) is 8.42 Å². The summed E-state index contributed by atoms with van der Waals surface area (Å²) in [5, 5.41) is -0.0382. The largest absolute Gasteiger partial charge is 0.381 e. The standard InChI is InChI=1S/C12H14N6O2S/c13-11-12(18-6-2-1-3-10(18)16-11)21(19,20)15-5-8-17-7-4-14-9-17/h1-4,6-7,9,15H,5,8,13H2. The van der Waals surface area contributed by atoms with Crippen LogP contribution in [0.15, 0.2) is 48.1 Å². The average Bonchev–Trinajstić information content (AvgIpc) is 3.04. The summed E-state index contributed by atoms with van der Waals surface area (Å²) in [6.07, 6.45) is 6.63. The minimum Gasteiger partial charge on any atom is -0.381 e. The molecule has 0 bridgehead atoms. The highest BCUT2D eigenvalue weighted by Crippen LogP contribution is 2.19. The van der Waals surface area contributed by atoms with Crippen molar-refractivity contribution in [2.75, 3.05) is 12.3 Å². The molecule has 0 radical (unpaired) electrons. The normalized spacial score (nSPS) is 12.0. The van der Waals surface area contributed by atoms with E-state index in [1.54, 1.807) is 47.7 Å². The number of hydrogen-bond acceptors (Lipinski definition) is 5. The van der Waals surface area contributed by atoms with Gasteiger partial charge in [-0.15, -0.1) is 0 Å². The smallest absolute Gasteiger partial charge is 0.260 e. The summed E-state index contributed by atoms with van der Waals surface area (Å²) in [6, 6.07) is 5.18. The van der Waals surface area contributed by atoms with Crippen LogP contribution >= 0.6 is 0 Å². The second-order valence-electron chi connectivity index (χ2n) is 4.43. The predicted octanol–water partition coefficient (Wildman–Crippen LogP) is 0.0915. The SMILES string of the molecule is Nc1nc2ccccn2c1S(=O)(=O)NCCn1ccnc1. The van der Waals surface area contributed by atoms with Crippen LogP contribution in [0.1, 0.15) is 0 Å². The number of imidazole rings is 2. The van der Waals surface area contributed by atoms with Crippen molar-refractivity contribution >= 4 is 21.5 Å². The second kappa shape index (κ2) is 5.19. The molecule has 0 aliphatic rings. The van der Waals surface area contributed by atoms with Gasteiger partial charge in [0.05, 0.1) is 6.33 Å². The molecule has 0 aromatic carbocycles. The highest BCUT2D eigenvalue weighted by Gasteiger charge is 2.23. The Morgan fingerprint density at radius 1 is 1.29 bits per heavy atom. The molecule has 8 nitrogen and oxygen atoms in total. The fourth-order valence-electron chi connectivity index (χ4n) is 2.06. The Hall–Kier alpha value is -2.39. The van der Waals surface area contributed by atoms with Crippen molar-refractivity contribution < 1.29 is 8.42 Å². The quantitative estimate of drug-likeness (QED) is 0.694. The number of nitrogens with zero attached hydrogens (tertiary/aromatic N) is 4. The van der Waals surface area contributed by atoms with Crippen molar-refractivity contribution in [2.45, 2.75) is 11.6 Å². The van der Waals surface area contributed by atoms with Gasteiger partial charge in [-0.25, -0.2) is 23.1 Å². The van der Waals surface area contributed by atoms with E-state index in [0.29, 0.717) is 12.2 Å². The van der Waals surface area contributed by atoms with Crippen LogP contribution in [0.2, 0.25) is 0 Å². The summed E-state index contributed by atoms with van der Waals surface area (Å²) in [6.45, 7) is 0.716. The van der Waals surface area contributed by atoms with Gasteiger partial charge in [-0.2, -0.15) is 0 Å². The zero-order valence-corrected chi connectivity index (χ0v) is 11.9. The van der Waals surface area contributed by atoms with Crippen molar-refractivity contribution in [3.63, 3.8) is 0 Å². The molecule has 21 heavy (non-hydrogen) atoms. The van der Waals surface area contributed by atoms with Crippen molar-refractivity contribution in [3.05, 3.63) is 43.1 Å². The fourth-order valence-corrected chi connectivity index (χ4v) is 3.29. The summed E-state index contributed by atoms with van der Waals surface area (Å²) in [4.78, 5) is 7.94. The van der Waals surface area contributed by atoms with E-state index in [1.807, 2.05) is 0 Å². The van der Waals surface area contributed by atoms with E-state index in [2.05, 4.69) is 14.7 Å². The van der Waals surface area contributed by atoms with Gasteiger partial charge in [0.25, 0.3) is 10.0 Å². The highest BCUT2D eigenvalue weighted by molar-refractivity contribution is 7.89. The molecule has 0 saturated heterocycles. The molecule has 0 aliphatic carbocycles. The predicted molar refractivity (Wildman–Crippen MR) is 77.0 cm³/mol. The minimum atomic E-state index is -3.74. The first kappa shape index (κ1) is 13.6. The summed E-state index contributed by atoms with van der Waals surface area (Å²) < 4.78 is 30.5. The molecule has 0 fully saturated rings. The molecule has 9 heteroatoms. The Labute approximate surface area is 121 Å². The third-order valence-electron chi connectivity index (χ3n) is 2.99. The first-order valence-electron chi connectivity index (χ1n) is 6.26. The van der Waals surface area contributed by atoms with Gasteiger partial charge in [0.1, 0.15) is 5.65 Å². The first-order valence-corrected chi connectivity index (χ1v) is 7.74. The van der Waals surface area contributed by atoms with E-state index < -0.39 is 10.0 Å². The lowest BCUT2D eigenvalue weighted by Crippen LogP contribution is -2.28. The lowest BCUT2D eigenvalue weighted by molar-refractivity contribution is 0.568. The van der Waals surface area contributed by atoms with Crippen LogP contribution in [0.3, 0.4) is 0 Å². The van der Waals surface area contributed by atoms with E-state index in [0.717, 1.165) is 0 Å². The number of anilines is 1. The topological polar surface area (TPSA) is 107 Å². The van der Waals surface area contributed by atoms with Gasteiger partial charge in [-0.3, -0.25) is 4.40 Å². The third kappa shape index (κ3) is 2.60. The number of rotatable bonds is 5. The van der Waals surface area contributed by atoms with Crippen molar-refractivity contribution in [3.8, 4) is 0 Å². The molecule has 0 amide bonds. The third-order valence-corrected chi connectivity index (χ3v) is 4.49. The number of pyridine rings is 1. The number of nitrogens with two attached hydrogens (primary N) is 1. The Morgan fingerprint density at radius 3 is 2.90 bits per heavy atom. The van der Waals surface area contributed by atoms with Crippen LogP contribution in [-0.2, 0) is 16.6 Å². The Bertz CT molecular complexity index is 853. The number of nitrogen functional groups attached to an aromatic ring is 1. The molecule has 0 saturated carbocycles. The van der Waals surface area contributed by atoms with E-state index in [4.69, 9.17) is 5.73 Å². The molecule has 3 aromatic rings. The molecule has 0 aliphatic heterocycles. The Balaban J connectivity index is 1.84. The highest BCUT2D eigenvalue weighted by atomic mass is 32.2. The fraction of sp³-hybridized carbons (Fsp3) is 0.167. The lowest BCUT2D eigenvalue weighted by atomic mass is 10.5. The molecule has 110 valence electrons. The number of hydrogen-bond donors (Lipinski definition) is 2. The maximum absolute atomic E-state index is 12.4. The molecule has 3 rings (SSSR count). The van der Waals surface area contributed by atoms with Gasteiger partial charge in [-0.1, -0.05) is 6.07 Å². The van der Waals surface area contributed by atoms with Crippen LogP contribution in [-0.4, -0.2) is 33.9 Å². The van der Waals surface area contributed by atoms with Gasteiger partial charge in [-0.05, 0) is 12.1 Å². The summed E-state index contributed by atoms with van der Waals surface area (Å²) in [5.74, 6) is -0.0173. The first-order chi connectivity index (χ1) is 10.1. The second-order valence-corrected chi connectivity index (χ2v) is 6.11. The van der Waals surface area contributed by atoms with Gasteiger partial charge in [0, 0.05) is 31.7 Å². The summed E-state index contributed by atoms with van der Waals surface area (Å²) >= 11 is 0. The lowest BCUT2D eigenvalue weighted by Gasteiger charge is -2.07. The molecule has 0 unspecified atom stereocenters. The maximum atomic E-state index is 12.4. The molecule has 0 atom stereocenters. The van der Waals surface area contributed by atoms with Crippen molar-refractivity contribution in [2.24, 2.45) is 0 Å². The molecule has 0 spiro atoms. The number of sulfonamides is 1. The monoisotopic (exact) mass is 306 g/mol. The van der Waals surface area contributed by atoms with Crippen LogP contribution in [0.5, 0.6) is 0 Å².